The van der Waals surface area contributed by atoms with Gasteiger partial charge in [0.15, 0.2) is 11.5 Å². The summed E-state index contributed by atoms with van der Waals surface area (Å²) in [4.78, 5) is 14.1. The van der Waals surface area contributed by atoms with Gasteiger partial charge < -0.3 is 21.1 Å². The highest BCUT2D eigenvalue weighted by Gasteiger charge is 2.27. The highest BCUT2D eigenvalue weighted by molar-refractivity contribution is 7.19. The van der Waals surface area contributed by atoms with Gasteiger partial charge in [0.25, 0.3) is 0 Å². The summed E-state index contributed by atoms with van der Waals surface area (Å²) in [5.41, 5.74) is 12.0. The summed E-state index contributed by atoms with van der Waals surface area (Å²) >= 11 is 1.25. The van der Waals surface area contributed by atoms with Crippen molar-refractivity contribution in [2.45, 2.75) is 0 Å². The van der Waals surface area contributed by atoms with Crippen LogP contribution in [0.5, 0.6) is 5.75 Å². The Hall–Kier alpha value is -1.27. The molecule has 2 rings (SSSR count). The number of hydrogen-bond donors (Lipinski definition) is 2. The Morgan fingerprint density at radius 1 is 1.67 bits per heavy atom. The van der Waals surface area contributed by atoms with Crippen LogP contribution in [-0.2, 0) is 0 Å². The second kappa shape index (κ2) is 3.71. The van der Waals surface area contributed by atoms with Gasteiger partial charge in [0.05, 0.1) is 13.1 Å². The second-order valence-electron chi connectivity index (χ2n) is 3.37. The Balaban J connectivity index is 2.51. The van der Waals surface area contributed by atoms with E-state index in [9.17, 15) is 4.79 Å². The van der Waals surface area contributed by atoms with Crippen LogP contribution >= 0.6 is 11.3 Å². The summed E-state index contributed by atoms with van der Waals surface area (Å²) in [5, 5.41) is 0.615. The molecule has 1 aromatic heterocycles. The molecule has 0 saturated heterocycles. The number of carbonyl (C=O) groups excluding carboxylic acids is 1. The Kier molecular flexibility index (Phi) is 2.54. The maximum Gasteiger partial charge on any atom is 0.190 e. The number of ketones is 1. The Morgan fingerprint density at radius 2 is 2.40 bits per heavy atom. The van der Waals surface area contributed by atoms with Crippen LogP contribution < -0.4 is 21.1 Å². The Morgan fingerprint density at radius 3 is 3.07 bits per heavy atom. The number of anilines is 2. The van der Waals surface area contributed by atoms with Crippen molar-refractivity contribution in [3.8, 4) is 5.75 Å². The van der Waals surface area contributed by atoms with Crippen LogP contribution in [-0.4, -0.2) is 32.5 Å². The summed E-state index contributed by atoms with van der Waals surface area (Å²) in [5.74, 6) is 0.477. The second-order valence-corrected chi connectivity index (χ2v) is 4.42. The van der Waals surface area contributed by atoms with Crippen LogP contribution in [0.1, 0.15) is 9.67 Å². The van der Waals surface area contributed by atoms with Crippen molar-refractivity contribution in [2.24, 2.45) is 5.73 Å². The van der Waals surface area contributed by atoms with E-state index in [1.807, 2.05) is 11.9 Å². The first-order valence-corrected chi connectivity index (χ1v) is 5.46. The summed E-state index contributed by atoms with van der Waals surface area (Å²) in [6.45, 7) is 1.34. The number of carbonyl (C=O) groups is 1. The van der Waals surface area contributed by atoms with Crippen LogP contribution in [0, 0.1) is 0 Å². The fourth-order valence-electron chi connectivity index (χ4n) is 1.59. The smallest absolute Gasteiger partial charge is 0.190 e. The molecule has 1 aliphatic rings. The Bertz CT molecular complexity index is 402. The molecule has 0 unspecified atom stereocenters. The van der Waals surface area contributed by atoms with E-state index < -0.39 is 0 Å². The molecule has 4 N–H and O–H groups in total. The summed E-state index contributed by atoms with van der Waals surface area (Å²) in [6, 6.07) is 0. The van der Waals surface area contributed by atoms with Gasteiger partial charge in [-0.15, -0.1) is 11.3 Å². The standard InChI is InChI=1S/C9H13N3O2S/c1-12-2-3-14-7-6(12)9(11)15-8(7)5(13)4-10/h2-4,10-11H2,1H3. The van der Waals surface area contributed by atoms with Crippen molar-refractivity contribution in [1.82, 2.24) is 0 Å². The minimum atomic E-state index is -0.122. The molecule has 0 atom stereocenters. The lowest BCUT2D eigenvalue weighted by Gasteiger charge is -2.25. The number of Topliss-reactive ketones (excluding diaryl/α,β-unsaturated/α-hetero) is 1. The maximum absolute atomic E-state index is 11.5. The lowest BCUT2D eigenvalue weighted by molar-refractivity contribution is 0.100. The van der Waals surface area contributed by atoms with Gasteiger partial charge in [-0.2, -0.15) is 0 Å². The van der Waals surface area contributed by atoms with Crippen LogP contribution in [0.2, 0.25) is 0 Å². The zero-order valence-corrected chi connectivity index (χ0v) is 9.26. The molecule has 5 nitrogen and oxygen atoms in total. The predicted molar refractivity (Wildman–Crippen MR) is 60.9 cm³/mol. The first kappa shape index (κ1) is 10.3. The van der Waals surface area contributed by atoms with Crippen LogP contribution in [0.15, 0.2) is 0 Å². The van der Waals surface area contributed by atoms with E-state index >= 15 is 0 Å². The number of fused-ring (bicyclic) bond motifs is 1. The van der Waals surface area contributed by atoms with Crippen molar-refractivity contribution in [3.05, 3.63) is 4.88 Å². The molecule has 0 aromatic carbocycles. The minimum absolute atomic E-state index is 0.0144. The highest BCUT2D eigenvalue weighted by atomic mass is 32.1. The van der Waals surface area contributed by atoms with Crippen molar-refractivity contribution >= 4 is 27.8 Å². The SMILES string of the molecule is CN1CCOc2c(C(=O)CN)sc(N)c21. The van der Waals surface area contributed by atoms with E-state index in [-0.39, 0.29) is 12.3 Å². The lowest BCUT2D eigenvalue weighted by atomic mass is 10.2. The third kappa shape index (κ3) is 1.55. The normalized spacial score (nSPS) is 14.7. The molecule has 82 valence electrons. The van der Waals surface area contributed by atoms with Crippen molar-refractivity contribution in [2.75, 3.05) is 37.4 Å². The molecule has 0 aliphatic carbocycles. The Labute approximate surface area is 91.6 Å². The number of ether oxygens (including phenoxy) is 1. The fraction of sp³-hybridized carbons (Fsp3) is 0.444. The number of rotatable bonds is 2. The summed E-state index contributed by atoms with van der Waals surface area (Å²) < 4.78 is 5.48. The molecule has 1 aromatic rings. The quantitative estimate of drug-likeness (QED) is 0.710. The van der Waals surface area contributed by atoms with Gasteiger partial charge in [0.2, 0.25) is 0 Å². The van der Waals surface area contributed by atoms with E-state index in [0.29, 0.717) is 22.2 Å². The van der Waals surface area contributed by atoms with Gasteiger partial charge >= 0.3 is 0 Å². The van der Waals surface area contributed by atoms with E-state index in [1.54, 1.807) is 0 Å². The first-order chi connectivity index (χ1) is 7.15. The molecular formula is C9H13N3O2S. The average molecular weight is 227 g/mol. The maximum atomic E-state index is 11.5. The van der Waals surface area contributed by atoms with Gasteiger partial charge in [-0.25, -0.2) is 0 Å². The number of nitrogen functional groups attached to an aromatic ring is 1. The fourth-order valence-corrected chi connectivity index (χ4v) is 2.60. The number of hydrogen-bond acceptors (Lipinski definition) is 6. The third-order valence-corrected chi connectivity index (χ3v) is 3.39. The minimum Gasteiger partial charge on any atom is -0.488 e. The largest absolute Gasteiger partial charge is 0.488 e. The summed E-state index contributed by atoms with van der Waals surface area (Å²) in [6.07, 6.45) is 0. The first-order valence-electron chi connectivity index (χ1n) is 4.64. The molecule has 0 radical (unpaired) electrons. The van der Waals surface area contributed by atoms with Crippen LogP contribution in [0.4, 0.5) is 10.7 Å². The zero-order chi connectivity index (χ0) is 11.0. The van der Waals surface area contributed by atoms with E-state index in [1.165, 1.54) is 11.3 Å². The van der Waals surface area contributed by atoms with Gasteiger partial charge in [0.1, 0.15) is 22.2 Å². The van der Waals surface area contributed by atoms with Gasteiger partial charge in [0, 0.05) is 7.05 Å². The van der Waals surface area contributed by atoms with Gasteiger partial charge in [-0.1, -0.05) is 0 Å². The number of nitrogens with two attached hydrogens (primary N) is 2. The van der Waals surface area contributed by atoms with Gasteiger partial charge in [-0.3, -0.25) is 4.79 Å². The molecule has 15 heavy (non-hydrogen) atoms. The molecule has 6 heteroatoms. The van der Waals surface area contributed by atoms with E-state index in [0.717, 1.165) is 12.2 Å². The molecule has 2 heterocycles. The summed E-state index contributed by atoms with van der Waals surface area (Å²) in [7, 11) is 1.93. The monoisotopic (exact) mass is 227 g/mol. The van der Waals surface area contributed by atoms with Crippen molar-refractivity contribution < 1.29 is 9.53 Å². The lowest BCUT2D eigenvalue weighted by Crippen LogP contribution is -2.29. The molecule has 1 aliphatic heterocycles. The van der Waals surface area contributed by atoms with Gasteiger partial charge in [-0.05, 0) is 0 Å². The van der Waals surface area contributed by atoms with Crippen molar-refractivity contribution in [3.63, 3.8) is 0 Å². The topological polar surface area (TPSA) is 81.6 Å². The van der Waals surface area contributed by atoms with E-state index in [4.69, 9.17) is 16.2 Å². The average Bonchev–Trinajstić information content (AvgIpc) is 2.56. The molecule has 0 amide bonds. The number of thiophene rings is 1. The number of nitrogens with zero attached hydrogens (tertiary/aromatic N) is 1. The molecular weight excluding hydrogens is 214 g/mol. The molecule has 0 spiro atoms. The zero-order valence-electron chi connectivity index (χ0n) is 8.45. The molecule has 0 bridgehead atoms. The number of likely N-dealkylation sites (N-methyl/N-ethyl adjacent to an activating group) is 1. The van der Waals surface area contributed by atoms with Crippen LogP contribution in [0.25, 0.3) is 0 Å². The van der Waals surface area contributed by atoms with E-state index in [2.05, 4.69) is 0 Å². The van der Waals surface area contributed by atoms with Crippen molar-refractivity contribution in [1.29, 1.82) is 0 Å². The third-order valence-electron chi connectivity index (χ3n) is 2.36. The van der Waals surface area contributed by atoms with Crippen LogP contribution in [0.3, 0.4) is 0 Å². The highest BCUT2D eigenvalue weighted by Crippen LogP contribution is 2.45. The molecule has 0 fully saturated rings. The predicted octanol–water partition coefficient (Wildman–Crippen LogP) is 0.300. The molecule has 0 saturated carbocycles.